The Kier molecular flexibility index (Phi) is 5.17. The normalized spacial score (nSPS) is 17.5. The molecule has 1 aliphatic heterocycles. The number of hydrogen-bond donors (Lipinski definition) is 1. The lowest BCUT2D eigenvalue weighted by atomic mass is 10.0. The molecule has 0 aliphatic carbocycles. The SMILES string of the molecule is Cc1nc2sc(C(c3cccc(OC(F)F)c3)N3CCN(C)CC3)c(O)n2n1. The van der Waals surface area contributed by atoms with Crippen molar-refractivity contribution >= 4 is 16.3 Å². The van der Waals surface area contributed by atoms with Crippen LogP contribution in [0.25, 0.3) is 4.96 Å². The predicted molar refractivity (Wildman–Crippen MR) is 101 cm³/mol. The summed E-state index contributed by atoms with van der Waals surface area (Å²) in [6.45, 7) is 2.21. The molecule has 1 saturated heterocycles. The number of aromatic hydroxyl groups is 1. The zero-order valence-electron chi connectivity index (χ0n) is 15.5. The van der Waals surface area contributed by atoms with Crippen LogP contribution >= 0.6 is 11.3 Å². The fourth-order valence-electron chi connectivity index (χ4n) is 3.50. The minimum Gasteiger partial charge on any atom is -0.492 e. The number of aromatic nitrogens is 3. The van der Waals surface area contributed by atoms with E-state index in [1.807, 2.05) is 6.07 Å². The van der Waals surface area contributed by atoms with Crippen molar-refractivity contribution in [3.8, 4) is 11.6 Å². The van der Waals surface area contributed by atoms with Gasteiger partial charge in [0.05, 0.1) is 10.9 Å². The average molecular weight is 409 g/mol. The highest BCUT2D eigenvalue weighted by Crippen LogP contribution is 2.41. The van der Waals surface area contributed by atoms with E-state index in [1.54, 1.807) is 19.1 Å². The van der Waals surface area contributed by atoms with E-state index in [0.29, 0.717) is 15.7 Å². The van der Waals surface area contributed by atoms with Crippen molar-refractivity contribution in [2.45, 2.75) is 19.6 Å². The first kappa shape index (κ1) is 19.0. The van der Waals surface area contributed by atoms with E-state index in [4.69, 9.17) is 0 Å². The van der Waals surface area contributed by atoms with Crippen LogP contribution in [0.4, 0.5) is 8.78 Å². The number of nitrogens with zero attached hydrogens (tertiary/aromatic N) is 5. The van der Waals surface area contributed by atoms with Crippen LogP contribution in [-0.4, -0.2) is 69.3 Å². The molecule has 0 radical (unpaired) electrons. The molecule has 3 heterocycles. The fraction of sp³-hybridized carbons (Fsp3) is 0.444. The highest BCUT2D eigenvalue weighted by Gasteiger charge is 2.31. The van der Waals surface area contributed by atoms with Gasteiger partial charge < -0.3 is 14.7 Å². The molecule has 0 amide bonds. The number of alkyl halides is 2. The Balaban J connectivity index is 1.77. The second kappa shape index (κ2) is 7.61. The van der Waals surface area contributed by atoms with E-state index in [9.17, 15) is 13.9 Å². The van der Waals surface area contributed by atoms with Gasteiger partial charge in [0.25, 0.3) is 0 Å². The molecule has 1 aromatic carbocycles. The van der Waals surface area contributed by atoms with Crippen molar-refractivity contribution in [2.24, 2.45) is 0 Å². The maximum Gasteiger partial charge on any atom is 0.387 e. The van der Waals surface area contributed by atoms with Crippen LogP contribution in [0.1, 0.15) is 22.3 Å². The number of benzene rings is 1. The van der Waals surface area contributed by atoms with Crippen molar-refractivity contribution in [3.05, 3.63) is 40.5 Å². The van der Waals surface area contributed by atoms with Gasteiger partial charge in [-0.05, 0) is 31.7 Å². The van der Waals surface area contributed by atoms with Gasteiger partial charge >= 0.3 is 6.61 Å². The number of likely N-dealkylation sites (N-methyl/N-ethyl adjacent to an activating group) is 1. The summed E-state index contributed by atoms with van der Waals surface area (Å²) in [5, 5.41) is 15.1. The monoisotopic (exact) mass is 409 g/mol. The number of hydrogen-bond acceptors (Lipinski definition) is 7. The molecular weight excluding hydrogens is 388 g/mol. The minimum atomic E-state index is -2.89. The van der Waals surface area contributed by atoms with Crippen LogP contribution in [0.5, 0.6) is 11.6 Å². The molecule has 10 heteroatoms. The van der Waals surface area contributed by atoms with Crippen molar-refractivity contribution in [2.75, 3.05) is 33.2 Å². The molecule has 1 aliphatic rings. The van der Waals surface area contributed by atoms with Crippen molar-refractivity contribution in [1.29, 1.82) is 0 Å². The molecule has 0 saturated carbocycles. The number of halogens is 2. The largest absolute Gasteiger partial charge is 0.492 e. The van der Waals surface area contributed by atoms with Crippen LogP contribution in [0.2, 0.25) is 0 Å². The topological polar surface area (TPSA) is 66.1 Å². The number of ether oxygens (including phenoxy) is 1. The number of aryl methyl sites for hydroxylation is 1. The van der Waals surface area contributed by atoms with Gasteiger partial charge in [0, 0.05) is 26.2 Å². The van der Waals surface area contributed by atoms with E-state index in [1.165, 1.54) is 21.9 Å². The van der Waals surface area contributed by atoms with Gasteiger partial charge in [-0.1, -0.05) is 23.5 Å². The first-order valence-corrected chi connectivity index (χ1v) is 9.76. The Labute approximate surface area is 164 Å². The Morgan fingerprint density at radius 2 is 1.96 bits per heavy atom. The van der Waals surface area contributed by atoms with E-state index in [2.05, 4.69) is 31.7 Å². The fourth-order valence-corrected chi connectivity index (χ4v) is 4.66. The number of piperazine rings is 1. The molecule has 1 unspecified atom stereocenters. The van der Waals surface area contributed by atoms with E-state index < -0.39 is 6.61 Å². The van der Waals surface area contributed by atoms with Crippen molar-refractivity contribution in [1.82, 2.24) is 24.4 Å². The third-order valence-electron chi connectivity index (χ3n) is 4.86. The van der Waals surface area contributed by atoms with Gasteiger partial charge in [-0.2, -0.15) is 13.3 Å². The molecule has 2 aromatic heterocycles. The van der Waals surface area contributed by atoms with Gasteiger partial charge in [0.15, 0.2) is 0 Å². The Bertz CT molecular complexity index is 968. The second-order valence-corrected chi connectivity index (χ2v) is 7.85. The van der Waals surface area contributed by atoms with Gasteiger partial charge in [0.1, 0.15) is 11.6 Å². The molecule has 1 fully saturated rings. The summed E-state index contributed by atoms with van der Waals surface area (Å²) >= 11 is 1.36. The molecule has 7 nitrogen and oxygen atoms in total. The highest BCUT2D eigenvalue weighted by atomic mass is 32.1. The molecule has 1 atom stereocenters. The molecule has 0 spiro atoms. The van der Waals surface area contributed by atoms with Crippen LogP contribution in [-0.2, 0) is 0 Å². The summed E-state index contributed by atoms with van der Waals surface area (Å²) in [5.41, 5.74) is 0.777. The number of rotatable bonds is 5. The van der Waals surface area contributed by atoms with Crippen LogP contribution in [0.3, 0.4) is 0 Å². The van der Waals surface area contributed by atoms with Crippen LogP contribution in [0.15, 0.2) is 24.3 Å². The third-order valence-corrected chi connectivity index (χ3v) is 5.93. The summed E-state index contributed by atoms with van der Waals surface area (Å²) < 4.78 is 31.4. The Morgan fingerprint density at radius 1 is 1.21 bits per heavy atom. The number of thiazole rings is 1. The molecule has 150 valence electrons. The lowest BCUT2D eigenvalue weighted by Crippen LogP contribution is -2.46. The molecule has 28 heavy (non-hydrogen) atoms. The standard InChI is InChI=1S/C18H21F2N5O2S/c1-11-21-18-25(22-11)16(26)15(28-18)14(24-8-6-23(2)7-9-24)12-4-3-5-13(10-12)27-17(19)20/h3-5,10,14,17,26H,6-9H2,1-2H3. The lowest BCUT2D eigenvalue weighted by molar-refractivity contribution is -0.0499. The lowest BCUT2D eigenvalue weighted by Gasteiger charge is -2.37. The summed E-state index contributed by atoms with van der Waals surface area (Å²) in [6.07, 6.45) is 0. The highest BCUT2D eigenvalue weighted by molar-refractivity contribution is 7.17. The van der Waals surface area contributed by atoms with Gasteiger partial charge in [-0.15, -0.1) is 5.10 Å². The van der Waals surface area contributed by atoms with Gasteiger partial charge in [0.2, 0.25) is 10.8 Å². The maximum absolute atomic E-state index is 12.7. The minimum absolute atomic E-state index is 0.0321. The first-order valence-electron chi connectivity index (χ1n) is 8.95. The van der Waals surface area contributed by atoms with Gasteiger partial charge in [-0.3, -0.25) is 4.90 Å². The zero-order chi connectivity index (χ0) is 19.8. The van der Waals surface area contributed by atoms with Crippen molar-refractivity contribution < 1.29 is 18.6 Å². The summed E-state index contributed by atoms with van der Waals surface area (Å²) in [4.78, 5) is 10.1. The zero-order valence-corrected chi connectivity index (χ0v) is 16.4. The molecule has 4 rings (SSSR count). The quantitative estimate of drug-likeness (QED) is 0.699. The summed E-state index contributed by atoms with van der Waals surface area (Å²) in [7, 11) is 2.06. The average Bonchev–Trinajstić information content (AvgIpc) is 3.15. The Hall–Kier alpha value is -2.30. The Morgan fingerprint density at radius 3 is 2.64 bits per heavy atom. The predicted octanol–water partition coefficient (Wildman–Crippen LogP) is 2.74. The molecule has 1 N–H and O–H groups in total. The molecule has 0 bridgehead atoms. The number of fused-ring (bicyclic) bond motifs is 1. The van der Waals surface area contributed by atoms with Gasteiger partial charge in [-0.25, -0.2) is 4.98 Å². The second-order valence-electron chi connectivity index (χ2n) is 6.84. The van der Waals surface area contributed by atoms with Crippen LogP contribution in [0, 0.1) is 6.92 Å². The van der Waals surface area contributed by atoms with E-state index in [0.717, 1.165) is 31.7 Å². The van der Waals surface area contributed by atoms with Crippen LogP contribution < -0.4 is 4.74 Å². The van der Waals surface area contributed by atoms with Crippen molar-refractivity contribution in [3.63, 3.8) is 0 Å². The van der Waals surface area contributed by atoms with E-state index in [-0.39, 0.29) is 17.7 Å². The molecule has 3 aromatic rings. The molecular formula is C18H21F2N5O2S. The first-order chi connectivity index (χ1) is 13.4. The summed E-state index contributed by atoms with van der Waals surface area (Å²) in [6, 6.07) is 6.36. The summed E-state index contributed by atoms with van der Waals surface area (Å²) in [5.74, 6) is 0.711. The van der Waals surface area contributed by atoms with E-state index >= 15 is 0 Å². The third kappa shape index (κ3) is 3.67. The maximum atomic E-state index is 12.7. The smallest absolute Gasteiger partial charge is 0.387 e.